The van der Waals surface area contributed by atoms with Crippen LogP contribution in [0.5, 0.6) is 5.75 Å². The van der Waals surface area contributed by atoms with E-state index in [4.69, 9.17) is 9.15 Å². The first-order chi connectivity index (χ1) is 12.7. The van der Waals surface area contributed by atoms with Gasteiger partial charge in [-0.2, -0.15) is 0 Å². The molecule has 0 N–H and O–H groups in total. The summed E-state index contributed by atoms with van der Waals surface area (Å²) in [5.41, 5.74) is -0.123. The second-order valence-electron chi connectivity index (χ2n) is 7.56. The molecule has 0 unspecified atom stereocenters. The summed E-state index contributed by atoms with van der Waals surface area (Å²) >= 11 is 0. The third-order valence-corrected chi connectivity index (χ3v) is 5.83. The van der Waals surface area contributed by atoms with Crippen LogP contribution < -0.4 is 10.2 Å². The monoisotopic (exact) mass is 357 g/mol. The molecule has 1 saturated carbocycles. The van der Waals surface area contributed by atoms with Gasteiger partial charge >= 0.3 is 0 Å². The van der Waals surface area contributed by atoms with E-state index in [1.165, 1.54) is 44.5 Å². The van der Waals surface area contributed by atoms with Gasteiger partial charge in [-0.1, -0.05) is 6.42 Å². The number of likely N-dealkylation sites (tertiary alicyclic amines) is 1. The Morgan fingerprint density at radius 1 is 1.27 bits per heavy atom. The van der Waals surface area contributed by atoms with Crippen molar-refractivity contribution >= 4 is 0 Å². The fourth-order valence-electron chi connectivity index (χ4n) is 4.03. The van der Waals surface area contributed by atoms with Gasteiger partial charge in [0.25, 0.3) is 0 Å². The highest BCUT2D eigenvalue weighted by molar-refractivity contribution is 5.17. The van der Waals surface area contributed by atoms with E-state index in [9.17, 15) is 4.79 Å². The van der Waals surface area contributed by atoms with Crippen LogP contribution in [0.4, 0.5) is 0 Å². The maximum absolute atomic E-state index is 11.9. The molecule has 6 heteroatoms. The molecule has 0 amide bonds. The summed E-state index contributed by atoms with van der Waals surface area (Å²) < 4.78 is 12.9. The van der Waals surface area contributed by atoms with Crippen LogP contribution in [0.3, 0.4) is 0 Å². The standard InChI is InChI=1S/C20H27N3O3/c1-25-19-14-26-17(11-18(19)24)13-22-8-5-16(6-9-22)20-21-7-10-23(20)12-15-3-2-4-15/h7,10-11,14-16H,2-6,8-9,12-13H2,1H3. The number of piperidine rings is 1. The van der Waals surface area contributed by atoms with Crippen molar-refractivity contribution in [3.63, 3.8) is 0 Å². The van der Waals surface area contributed by atoms with E-state index in [0.717, 1.165) is 38.4 Å². The van der Waals surface area contributed by atoms with Crippen LogP contribution in [-0.2, 0) is 13.1 Å². The maximum Gasteiger partial charge on any atom is 0.227 e. The minimum atomic E-state index is -0.123. The molecule has 6 nitrogen and oxygen atoms in total. The topological polar surface area (TPSA) is 60.5 Å². The Bertz CT molecular complexity index is 786. The quantitative estimate of drug-likeness (QED) is 0.795. The summed E-state index contributed by atoms with van der Waals surface area (Å²) in [6.45, 7) is 3.79. The lowest BCUT2D eigenvalue weighted by atomic mass is 9.85. The van der Waals surface area contributed by atoms with Crippen LogP contribution >= 0.6 is 0 Å². The van der Waals surface area contributed by atoms with Crippen molar-refractivity contribution in [2.24, 2.45) is 5.92 Å². The van der Waals surface area contributed by atoms with Gasteiger partial charge in [-0.3, -0.25) is 9.69 Å². The largest absolute Gasteiger partial charge is 0.490 e. The van der Waals surface area contributed by atoms with Gasteiger partial charge in [0.05, 0.1) is 13.7 Å². The number of imidazole rings is 1. The number of ether oxygens (including phenoxy) is 1. The highest BCUT2D eigenvalue weighted by Crippen LogP contribution is 2.31. The molecular weight excluding hydrogens is 330 g/mol. The zero-order valence-corrected chi connectivity index (χ0v) is 15.4. The van der Waals surface area contributed by atoms with Gasteiger partial charge in [-0.15, -0.1) is 0 Å². The Labute approximate surface area is 153 Å². The first-order valence-corrected chi connectivity index (χ1v) is 9.62. The highest BCUT2D eigenvalue weighted by atomic mass is 16.5. The van der Waals surface area contributed by atoms with Gasteiger partial charge in [0.1, 0.15) is 17.8 Å². The minimum Gasteiger partial charge on any atom is -0.490 e. The lowest BCUT2D eigenvalue weighted by Crippen LogP contribution is -2.33. The fourth-order valence-corrected chi connectivity index (χ4v) is 4.03. The van der Waals surface area contributed by atoms with Crippen molar-refractivity contribution in [3.05, 3.63) is 46.5 Å². The van der Waals surface area contributed by atoms with Crippen LogP contribution in [0.1, 0.15) is 49.6 Å². The Hall–Kier alpha value is -2.08. The molecule has 1 aliphatic heterocycles. The lowest BCUT2D eigenvalue weighted by Gasteiger charge is -2.32. The summed E-state index contributed by atoms with van der Waals surface area (Å²) in [5.74, 6) is 3.59. The SMILES string of the molecule is COc1coc(CN2CCC(c3nccn3CC3CCC3)CC2)cc1=O. The van der Waals surface area contributed by atoms with Crippen LogP contribution in [0.25, 0.3) is 0 Å². The van der Waals surface area contributed by atoms with Crippen molar-refractivity contribution in [1.82, 2.24) is 14.5 Å². The van der Waals surface area contributed by atoms with Gasteiger partial charge in [0, 0.05) is 30.9 Å². The second kappa shape index (κ2) is 7.66. The molecule has 2 aliphatic rings. The smallest absolute Gasteiger partial charge is 0.227 e. The van der Waals surface area contributed by atoms with Gasteiger partial charge in [0.15, 0.2) is 0 Å². The minimum absolute atomic E-state index is 0.123. The highest BCUT2D eigenvalue weighted by Gasteiger charge is 2.26. The van der Waals surface area contributed by atoms with Gasteiger partial charge in [-0.25, -0.2) is 4.98 Å². The normalized spacial score (nSPS) is 19.4. The van der Waals surface area contributed by atoms with Crippen molar-refractivity contribution in [2.45, 2.75) is 51.1 Å². The lowest BCUT2D eigenvalue weighted by molar-refractivity contribution is 0.183. The Morgan fingerprint density at radius 3 is 2.73 bits per heavy atom. The average Bonchev–Trinajstić information content (AvgIpc) is 3.07. The molecule has 0 bridgehead atoms. The molecule has 1 aliphatic carbocycles. The molecule has 2 aromatic rings. The van der Waals surface area contributed by atoms with E-state index in [2.05, 4.69) is 20.6 Å². The summed E-state index contributed by atoms with van der Waals surface area (Å²) in [6, 6.07) is 1.54. The zero-order valence-electron chi connectivity index (χ0n) is 15.4. The van der Waals surface area contributed by atoms with Crippen LogP contribution in [0, 0.1) is 5.92 Å². The maximum atomic E-state index is 11.9. The molecule has 0 atom stereocenters. The third-order valence-electron chi connectivity index (χ3n) is 5.83. The van der Waals surface area contributed by atoms with Gasteiger partial charge in [0.2, 0.25) is 11.2 Å². The van der Waals surface area contributed by atoms with E-state index in [0.29, 0.717) is 18.2 Å². The van der Waals surface area contributed by atoms with E-state index in [1.807, 2.05) is 6.20 Å². The molecule has 0 aromatic carbocycles. The zero-order chi connectivity index (χ0) is 17.9. The fraction of sp³-hybridized carbons (Fsp3) is 0.600. The Balaban J connectivity index is 1.33. The molecule has 140 valence electrons. The van der Waals surface area contributed by atoms with Crippen LogP contribution in [0.2, 0.25) is 0 Å². The molecule has 3 heterocycles. The van der Waals surface area contributed by atoms with E-state index >= 15 is 0 Å². The summed E-state index contributed by atoms with van der Waals surface area (Å²) in [7, 11) is 1.48. The summed E-state index contributed by atoms with van der Waals surface area (Å²) in [6.07, 6.45) is 11.8. The number of hydrogen-bond donors (Lipinski definition) is 0. The number of nitrogens with zero attached hydrogens (tertiary/aromatic N) is 3. The average molecular weight is 357 g/mol. The van der Waals surface area contributed by atoms with Crippen molar-refractivity contribution in [3.8, 4) is 5.75 Å². The number of rotatable bonds is 6. The van der Waals surface area contributed by atoms with Gasteiger partial charge < -0.3 is 13.7 Å². The van der Waals surface area contributed by atoms with Crippen LogP contribution in [0.15, 0.2) is 33.9 Å². The van der Waals surface area contributed by atoms with Crippen molar-refractivity contribution in [2.75, 3.05) is 20.2 Å². The molecule has 0 spiro atoms. The number of hydrogen-bond acceptors (Lipinski definition) is 5. The van der Waals surface area contributed by atoms with Gasteiger partial charge in [-0.05, 0) is 44.7 Å². The molecule has 26 heavy (non-hydrogen) atoms. The molecule has 4 rings (SSSR count). The molecule has 2 aromatic heterocycles. The van der Waals surface area contributed by atoms with E-state index in [-0.39, 0.29) is 11.2 Å². The van der Waals surface area contributed by atoms with Crippen molar-refractivity contribution in [1.29, 1.82) is 0 Å². The Morgan fingerprint density at radius 2 is 2.08 bits per heavy atom. The Kier molecular flexibility index (Phi) is 5.11. The predicted octanol–water partition coefficient (Wildman–Crippen LogP) is 3.02. The first kappa shape index (κ1) is 17.3. The summed E-state index contributed by atoms with van der Waals surface area (Å²) in [5, 5.41) is 0. The van der Waals surface area contributed by atoms with Crippen LogP contribution in [-0.4, -0.2) is 34.7 Å². The summed E-state index contributed by atoms with van der Waals surface area (Å²) in [4.78, 5) is 18.9. The van der Waals surface area contributed by atoms with E-state index < -0.39 is 0 Å². The second-order valence-corrected chi connectivity index (χ2v) is 7.56. The van der Waals surface area contributed by atoms with E-state index in [1.54, 1.807) is 0 Å². The molecule has 1 saturated heterocycles. The number of methoxy groups -OCH3 is 1. The number of aromatic nitrogens is 2. The first-order valence-electron chi connectivity index (χ1n) is 9.62. The molecular formula is C20H27N3O3. The third kappa shape index (κ3) is 3.70. The molecule has 2 fully saturated rings. The van der Waals surface area contributed by atoms with Crippen molar-refractivity contribution < 1.29 is 9.15 Å². The predicted molar refractivity (Wildman–Crippen MR) is 98.4 cm³/mol. The molecule has 0 radical (unpaired) electrons.